The summed E-state index contributed by atoms with van der Waals surface area (Å²) >= 11 is 0. The van der Waals surface area contributed by atoms with E-state index in [1.807, 2.05) is 32.4 Å². The third-order valence-corrected chi connectivity index (χ3v) is 5.09. The highest BCUT2D eigenvalue weighted by Gasteiger charge is 2.52. The number of rotatable bonds is 5. The Morgan fingerprint density at radius 2 is 1.85 bits per heavy atom. The van der Waals surface area contributed by atoms with Crippen molar-refractivity contribution in [3.8, 4) is 0 Å². The standard InChI is InChI=1S/C18H26BN3O4/c1-7-9-22-15-13(19-25-17(3,4)18(5,6)26-19)10-12(16(23)24-8-2)11-14(15)20-21-22/h10-11H,7-9H2,1-6H3. The number of aromatic nitrogens is 3. The lowest BCUT2D eigenvalue weighted by Gasteiger charge is -2.32. The summed E-state index contributed by atoms with van der Waals surface area (Å²) in [6.45, 7) is 12.9. The van der Waals surface area contributed by atoms with Crippen LogP contribution in [0.1, 0.15) is 58.3 Å². The zero-order valence-electron chi connectivity index (χ0n) is 16.3. The molecule has 0 bridgehead atoms. The van der Waals surface area contributed by atoms with Gasteiger partial charge in [-0.15, -0.1) is 5.10 Å². The zero-order chi connectivity index (χ0) is 19.1. The van der Waals surface area contributed by atoms with Crippen LogP contribution in [0.4, 0.5) is 0 Å². The molecule has 0 atom stereocenters. The van der Waals surface area contributed by atoms with E-state index in [2.05, 4.69) is 17.2 Å². The smallest absolute Gasteiger partial charge is 0.462 e. The number of hydrogen-bond acceptors (Lipinski definition) is 6. The van der Waals surface area contributed by atoms with Gasteiger partial charge in [0.1, 0.15) is 5.52 Å². The lowest BCUT2D eigenvalue weighted by atomic mass is 9.77. The highest BCUT2D eigenvalue weighted by atomic mass is 16.7. The first-order valence-corrected chi connectivity index (χ1v) is 9.10. The molecule has 1 aliphatic rings. The molecule has 26 heavy (non-hydrogen) atoms. The molecule has 0 unspecified atom stereocenters. The average molecular weight is 359 g/mol. The van der Waals surface area contributed by atoms with E-state index in [-0.39, 0.29) is 0 Å². The number of carbonyl (C=O) groups is 1. The van der Waals surface area contributed by atoms with Crippen molar-refractivity contribution in [2.45, 2.75) is 65.7 Å². The number of benzene rings is 1. The number of aryl methyl sites for hydroxylation is 1. The summed E-state index contributed by atoms with van der Waals surface area (Å²) in [6, 6.07) is 3.49. The predicted octanol–water partition coefficient (Wildman–Crippen LogP) is 2.32. The summed E-state index contributed by atoms with van der Waals surface area (Å²) in [5.41, 5.74) is 1.68. The molecule has 1 saturated heterocycles. The maximum atomic E-state index is 12.3. The normalized spacial score (nSPS) is 18.5. The van der Waals surface area contributed by atoms with Crippen molar-refractivity contribution in [2.24, 2.45) is 0 Å². The third-order valence-electron chi connectivity index (χ3n) is 5.09. The first kappa shape index (κ1) is 18.9. The number of ether oxygens (including phenoxy) is 1. The topological polar surface area (TPSA) is 75.5 Å². The molecule has 2 heterocycles. The fraction of sp³-hybridized carbons (Fsp3) is 0.611. The molecule has 0 radical (unpaired) electrons. The molecule has 8 heteroatoms. The van der Waals surface area contributed by atoms with Crippen LogP contribution in [0, 0.1) is 0 Å². The Balaban J connectivity index is 2.14. The molecule has 0 saturated carbocycles. The summed E-state index contributed by atoms with van der Waals surface area (Å²) in [6.07, 6.45) is 0.918. The number of fused-ring (bicyclic) bond motifs is 1. The lowest BCUT2D eigenvalue weighted by molar-refractivity contribution is 0.00578. The van der Waals surface area contributed by atoms with E-state index in [1.165, 1.54) is 0 Å². The van der Waals surface area contributed by atoms with Crippen LogP contribution in [0.25, 0.3) is 11.0 Å². The quantitative estimate of drug-likeness (QED) is 0.603. The first-order chi connectivity index (χ1) is 12.2. The van der Waals surface area contributed by atoms with Crippen molar-refractivity contribution >= 4 is 29.6 Å². The molecule has 1 aliphatic heterocycles. The number of hydrogen-bond donors (Lipinski definition) is 0. The molecule has 1 aromatic carbocycles. The SMILES string of the molecule is CCCn1nnc2cc(C(=O)OCC)cc(B3OC(C)(C)C(C)(C)O3)c21. The van der Waals surface area contributed by atoms with Crippen molar-refractivity contribution in [1.29, 1.82) is 0 Å². The minimum atomic E-state index is -0.606. The molecule has 1 aromatic heterocycles. The van der Waals surface area contributed by atoms with E-state index in [0.717, 1.165) is 23.9 Å². The number of esters is 1. The molecule has 2 aromatic rings. The van der Waals surface area contributed by atoms with Crippen LogP contribution >= 0.6 is 0 Å². The van der Waals surface area contributed by atoms with Crippen LogP contribution in [-0.2, 0) is 20.6 Å². The molecule has 140 valence electrons. The van der Waals surface area contributed by atoms with Crippen LogP contribution in [0.3, 0.4) is 0 Å². The summed E-state index contributed by atoms with van der Waals surface area (Å²) in [4.78, 5) is 12.3. The van der Waals surface area contributed by atoms with Crippen molar-refractivity contribution in [2.75, 3.05) is 6.61 Å². The second-order valence-electron chi connectivity index (χ2n) is 7.55. The number of nitrogens with zero attached hydrogens (tertiary/aromatic N) is 3. The molecule has 3 rings (SSSR count). The van der Waals surface area contributed by atoms with Crippen LogP contribution in [0.5, 0.6) is 0 Å². The van der Waals surface area contributed by atoms with Gasteiger partial charge in [0.05, 0.1) is 28.9 Å². The lowest BCUT2D eigenvalue weighted by Crippen LogP contribution is -2.41. The fourth-order valence-corrected chi connectivity index (χ4v) is 3.00. The number of carbonyl (C=O) groups excluding carboxylic acids is 1. The highest BCUT2D eigenvalue weighted by molar-refractivity contribution is 6.65. The summed E-state index contributed by atoms with van der Waals surface area (Å²) in [5.74, 6) is -0.391. The Bertz CT molecular complexity index is 815. The Kier molecular flexibility index (Phi) is 4.83. The summed E-state index contributed by atoms with van der Waals surface area (Å²) in [7, 11) is -0.606. The minimum Gasteiger partial charge on any atom is -0.462 e. The van der Waals surface area contributed by atoms with Crippen LogP contribution in [0.15, 0.2) is 12.1 Å². The van der Waals surface area contributed by atoms with Crippen LogP contribution < -0.4 is 5.46 Å². The van der Waals surface area contributed by atoms with Crippen LogP contribution in [0.2, 0.25) is 0 Å². The Labute approximate surface area is 154 Å². The zero-order valence-corrected chi connectivity index (χ0v) is 16.3. The van der Waals surface area contributed by atoms with E-state index in [1.54, 1.807) is 19.1 Å². The Morgan fingerprint density at radius 1 is 1.19 bits per heavy atom. The largest absolute Gasteiger partial charge is 0.497 e. The van der Waals surface area contributed by atoms with E-state index in [0.29, 0.717) is 17.7 Å². The maximum Gasteiger partial charge on any atom is 0.497 e. The molecular formula is C18H26BN3O4. The fourth-order valence-electron chi connectivity index (χ4n) is 3.00. The second-order valence-corrected chi connectivity index (χ2v) is 7.55. The second kappa shape index (κ2) is 6.66. The van der Waals surface area contributed by atoms with Gasteiger partial charge in [0, 0.05) is 12.0 Å². The van der Waals surface area contributed by atoms with Crippen molar-refractivity contribution in [3.05, 3.63) is 17.7 Å². The van der Waals surface area contributed by atoms with E-state index < -0.39 is 24.3 Å². The van der Waals surface area contributed by atoms with E-state index >= 15 is 0 Å². The summed E-state index contributed by atoms with van der Waals surface area (Å²) in [5, 5.41) is 8.48. The van der Waals surface area contributed by atoms with Gasteiger partial charge >= 0.3 is 13.1 Å². The highest BCUT2D eigenvalue weighted by Crippen LogP contribution is 2.37. The van der Waals surface area contributed by atoms with E-state index in [4.69, 9.17) is 14.0 Å². The van der Waals surface area contributed by atoms with Gasteiger partial charge in [-0.25, -0.2) is 9.48 Å². The van der Waals surface area contributed by atoms with Crippen molar-refractivity contribution in [1.82, 2.24) is 15.0 Å². The molecule has 1 fully saturated rings. The molecule has 0 aliphatic carbocycles. The van der Waals surface area contributed by atoms with Gasteiger partial charge < -0.3 is 14.0 Å². The molecule has 0 spiro atoms. The average Bonchev–Trinajstić information content (AvgIpc) is 3.05. The van der Waals surface area contributed by atoms with Gasteiger partial charge in [-0.2, -0.15) is 0 Å². The predicted molar refractivity (Wildman–Crippen MR) is 99.5 cm³/mol. The van der Waals surface area contributed by atoms with Gasteiger partial charge in [-0.05, 0) is 53.2 Å². The van der Waals surface area contributed by atoms with Gasteiger partial charge in [0.25, 0.3) is 0 Å². The van der Waals surface area contributed by atoms with E-state index in [9.17, 15) is 4.79 Å². The van der Waals surface area contributed by atoms with Crippen molar-refractivity contribution < 1.29 is 18.8 Å². The van der Waals surface area contributed by atoms with Crippen LogP contribution in [-0.4, -0.2) is 45.9 Å². The summed E-state index contributed by atoms with van der Waals surface area (Å²) < 4.78 is 19.4. The molecular weight excluding hydrogens is 333 g/mol. The van der Waals surface area contributed by atoms with Gasteiger partial charge in [-0.1, -0.05) is 12.1 Å². The Morgan fingerprint density at radius 3 is 2.42 bits per heavy atom. The first-order valence-electron chi connectivity index (χ1n) is 9.10. The third kappa shape index (κ3) is 3.12. The molecule has 0 N–H and O–H groups in total. The van der Waals surface area contributed by atoms with Crippen molar-refractivity contribution in [3.63, 3.8) is 0 Å². The van der Waals surface area contributed by atoms with Gasteiger partial charge in [-0.3, -0.25) is 0 Å². The minimum absolute atomic E-state index is 0.311. The maximum absolute atomic E-state index is 12.3. The Hall–Kier alpha value is -1.93. The molecule has 7 nitrogen and oxygen atoms in total. The van der Waals surface area contributed by atoms with Gasteiger partial charge in [0.15, 0.2) is 0 Å². The van der Waals surface area contributed by atoms with Gasteiger partial charge in [0.2, 0.25) is 0 Å². The molecule has 0 amide bonds. The monoisotopic (exact) mass is 359 g/mol.